The summed E-state index contributed by atoms with van der Waals surface area (Å²) in [6, 6.07) is 18.8. The number of aromatic nitrogens is 1. The minimum Gasteiger partial charge on any atom is -0.496 e. The molecule has 1 atom stereocenters. The van der Waals surface area contributed by atoms with Crippen molar-refractivity contribution in [2.24, 2.45) is 5.73 Å². The van der Waals surface area contributed by atoms with Crippen LogP contribution in [0.1, 0.15) is 34.9 Å². The van der Waals surface area contributed by atoms with Crippen molar-refractivity contribution in [2.75, 3.05) is 7.11 Å². The largest absolute Gasteiger partial charge is 0.496 e. The van der Waals surface area contributed by atoms with Gasteiger partial charge in [-0.1, -0.05) is 54.8 Å². The van der Waals surface area contributed by atoms with Crippen molar-refractivity contribution in [1.29, 1.82) is 0 Å². The van der Waals surface area contributed by atoms with Crippen molar-refractivity contribution in [1.82, 2.24) is 4.57 Å². The molecule has 0 amide bonds. The van der Waals surface area contributed by atoms with Crippen LogP contribution in [0.5, 0.6) is 11.5 Å². The molecule has 1 aromatic heterocycles. The summed E-state index contributed by atoms with van der Waals surface area (Å²) in [4.78, 5) is 13.9. The predicted octanol–water partition coefficient (Wildman–Crippen LogP) is 3.99. The van der Waals surface area contributed by atoms with Crippen molar-refractivity contribution in [3.05, 3.63) is 83.2 Å². The number of hydrogen-bond acceptors (Lipinski definition) is 5. The van der Waals surface area contributed by atoms with E-state index in [1.54, 1.807) is 18.2 Å². The Morgan fingerprint density at radius 3 is 2.57 bits per heavy atom. The molecule has 0 spiro atoms. The maximum absolute atomic E-state index is 12.9. The van der Waals surface area contributed by atoms with Crippen molar-refractivity contribution in [3.8, 4) is 11.5 Å². The second-order valence-electron chi connectivity index (χ2n) is 6.98. The Labute approximate surface area is 185 Å². The molecule has 2 aromatic carbocycles. The van der Waals surface area contributed by atoms with E-state index < -0.39 is 0 Å². The molecular weight excluding hydrogens is 416 g/mol. The van der Waals surface area contributed by atoms with Gasteiger partial charge in [0, 0.05) is 18.3 Å². The van der Waals surface area contributed by atoms with Gasteiger partial charge in [-0.2, -0.15) is 0 Å². The highest BCUT2D eigenvalue weighted by atomic mass is 32.1. The number of carbonyl (C=O) groups excluding carboxylic acids is 1. The first-order valence-electron chi connectivity index (χ1n) is 9.48. The highest BCUT2D eigenvalue weighted by molar-refractivity contribution is 7.81. The summed E-state index contributed by atoms with van der Waals surface area (Å²) in [5, 5.41) is 0. The van der Waals surface area contributed by atoms with Crippen LogP contribution in [0, 0.1) is 0 Å². The molecule has 4 rings (SSSR count). The van der Waals surface area contributed by atoms with E-state index in [1.165, 1.54) is 7.11 Å². The Morgan fingerprint density at radius 2 is 1.87 bits per heavy atom. The quantitative estimate of drug-likeness (QED) is 0.273. The fourth-order valence-electron chi connectivity index (χ4n) is 3.74. The third-order valence-electron chi connectivity index (χ3n) is 5.22. The average molecular weight is 437 g/mol. The van der Waals surface area contributed by atoms with Gasteiger partial charge in [0.25, 0.3) is 0 Å². The lowest BCUT2D eigenvalue weighted by Crippen LogP contribution is -2.17. The number of fused-ring (bicyclic) bond motifs is 1. The topological polar surface area (TPSA) is 66.5 Å². The number of methoxy groups -OCH3 is 1. The van der Waals surface area contributed by atoms with Gasteiger partial charge in [0.05, 0.1) is 29.1 Å². The first-order chi connectivity index (χ1) is 14.5. The second-order valence-corrected chi connectivity index (χ2v) is 7.83. The Bertz CT molecular complexity index is 1140. The van der Waals surface area contributed by atoms with Crippen LogP contribution in [-0.4, -0.2) is 27.5 Å². The smallest absolute Gasteiger partial charge is 0.320 e. The average Bonchev–Trinajstić information content (AvgIpc) is 3.35. The number of carbonyl (C=O) groups is 1. The first-order valence-corrected chi connectivity index (χ1v) is 10.3. The van der Waals surface area contributed by atoms with Gasteiger partial charge in [-0.3, -0.25) is 4.79 Å². The lowest BCUT2D eigenvalue weighted by molar-refractivity contribution is -0.136. The van der Waals surface area contributed by atoms with Crippen LogP contribution in [-0.2, 0) is 11.3 Å². The SMILES string of the molecule is COc1cc(OC(=O)C2CCn3c(C(=S)c4ccccc4)ccc32)ccc1C(N)=S. The Morgan fingerprint density at radius 1 is 1.10 bits per heavy atom. The summed E-state index contributed by atoms with van der Waals surface area (Å²) in [7, 11) is 1.52. The van der Waals surface area contributed by atoms with E-state index >= 15 is 0 Å². The highest BCUT2D eigenvalue weighted by Gasteiger charge is 2.32. The minimum absolute atomic E-state index is 0.222. The van der Waals surface area contributed by atoms with Crippen LogP contribution in [0.2, 0.25) is 0 Å². The number of hydrogen-bond donors (Lipinski definition) is 1. The van der Waals surface area contributed by atoms with Crippen LogP contribution in [0.3, 0.4) is 0 Å². The summed E-state index contributed by atoms with van der Waals surface area (Å²) in [6.45, 7) is 0.716. The van der Waals surface area contributed by atoms with E-state index in [0.717, 1.165) is 21.8 Å². The van der Waals surface area contributed by atoms with E-state index in [1.807, 2.05) is 42.5 Å². The standard InChI is InChI=1S/C23H20N2O3S2/c1-27-20-13-15(7-8-17(20)22(24)30)28-23(26)16-11-12-25-18(16)9-10-19(25)21(29)14-5-3-2-4-6-14/h2-10,13,16H,11-12H2,1H3,(H2,24,30). The van der Waals surface area contributed by atoms with Crippen molar-refractivity contribution in [2.45, 2.75) is 18.9 Å². The molecule has 2 N–H and O–H groups in total. The minimum atomic E-state index is -0.349. The van der Waals surface area contributed by atoms with Crippen molar-refractivity contribution >= 4 is 40.3 Å². The Hall–Kier alpha value is -3.03. The summed E-state index contributed by atoms with van der Waals surface area (Å²) in [6.07, 6.45) is 0.668. The predicted molar refractivity (Wildman–Crippen MR) is 124 cm³/mol. The van der Waals surface area contributed by atoms with E-state index in [4.69, 9.17) is 39.6 Å². The molecule has 30 heavy (non-hydrogen) atoms. The van der Waals surface area contributed by atoms with Crippen LogP contribution < -0.4 is 15.2 Å². The molecule has 5 nitrogen and oxygen atoms in total. The molecule has 2 heterocycles. The molecule has 1 aliphatic rings. The molecule has 152 valence electrons. The molecule has 0 fully saturated rings. The maximum atomic E-state index is 12.9. The van der Waals surface area contributed by atoms with E-state index in [2.05, 4.69) is 4.57 Å². The number of thiocarbonyl (C=S) groups is 2. The molecule has 1 unspecified atom stereocenters. The van der Waals surface area contributed by atoms with Gasteiger partial charge < -0.3 is 19.8 Å². The van der Waals surface area contributed by atoms with E-state index in [-0.39, 0.29) is 16.9 Å². The van der Waals surface area contributed by atoms with Crippen LogP contribution in [0.15, 0.2) is 60.7 Å². The van der Waals surface area contributed by atoms with Gasteiger partial charge in [-0.15, -0.1) is 0 Å². The van der Waals surface area contributed by atoms with Crippen LogP contribution >= 0.6 is 24.4 Å². The zero-order chi connectivity index (χ0) is 21.3. The van der Waals surface area contributed by atoms with Crippen molar-refractivity contribution < 1.29 is 14.3 Å². The van der Waals surface area contributed by atoms with Crippen LogP contribution in [0.25, 0.3) is 0 Å². The van der Waals surface area contributed by atoms with Crippen molar-refractivity contribution in [3.63, 3.8) is 0 Å². The third-order valence-corrected chi connectivity index (χ3v) is 5.89. The normalized spacial score (nSPS) is 14.8. The third kappa shape index (κ3) is 3.74. The van der Waals surface area contributed by atoms with Gasteiger partial charge in [-0.25, -0.2) is 0 Å². The monoisotopic (exact) mass is 436 g/mol. The van der Waals surface area contributed by atoms with Gasteiger partial charge in [0.2, 0.25) is 0 Å². The lowest BCUT2D eigenvalue weighted by Gasteiger charge is -2.12. The fraction of sp³-hybridized carbons (Fsp3) is 0.174. The summed E-state index contributed by atoms with van der Waals surface area (Å²) < 4.78 is 13.1. The number of esters is 1. The number of nitrogens with zero attached hydrogens (tertiary/aromatic N) is 1. The Kier molecular flexibility index (Phi) is 5.65. The lowest BCUT2D eigenvalue weighted by atomic mass is 10.1. The maximum Gasteiger partial charge on any atom is 0.320 e. The second kappa shape index (κ2) is 8.38. The summed E-state index contributed by atoms with van der Waals surface area (Å²) in [5.41, 5.74) is 9.15. The van der Waals surface area contributed by atoms with E-state index in [9.17, 15) is 4.79 Å². The van der Waals surface area contributed by atoms with E-state index in [0.29, 0.717) is 30.0 Å². The van der Waals surface area contributed by atoms with Gasteiger partial charge in [-0.05, 0) is 36.2 Å². The number of nitrogens with two attached hydrogens (primary N) is 1. The van der Waals surface area contributed by atoms with Gasteiger partial charge in [0.15, 0.2) is 0 Å². The Balaban J connectivity index is 1.54. The molecule has 0 saturated heterocycles. The molecule has 0 saturated carbocycles. The zero-order valence-electron chi connectivity index (χ0n) is 16.3. The summed E-state index contributed by atoms with van der Waals surface area (Å²) >= 11 is 10.7. The number of benzene rings is 2. The molecule has 0 bridgehead atoms. The molecule has 1 aliphatic heterocycles. The fourth-order valence-corrected chi connectivity index (χ4v) is 4.23. The highest BCUT2D eigenvalue weighted by Crippen LogP contribution is 2.34. The summed E-state index contributed by atoms with van der Waals surface area (Å²) in [5.74, 6) is 0.202. The molecule has 0 aliphatic carbocycles. The van der Waals surface area contributed by atoms with Gasteiger partial charge >= 0.3 is 5.97 Å². The molecule has 7 heteroatoms. The van der Waals surface area contributed by atoms with Crippen LogP contribution in [0.4, 0.5) is 0 Å². The first kappa shape index (κ1) is 20.3. The molecule has 0 radical (unpaired) electrons. The zero-order valence-corrected chi connectivity index (χ0v) is 18.0. The number of ether oxygens (including phenoxy) is 2. The molecular formula is C23H20N2O3S2. The molecule has 3 aromatic rings. The van der Waals surface area contributed by atoms with Gasteiger partial charge in [0.1, 0.15) is 16.5 Å². The number of rotatable bonds is 6.